The Kier molecular flexibility index (Phi) is 8.01. The summed E-state index contributed by atoms with van der Waals surface area (Å²) in [5.41, 5.74) is 0.526. The SMILES string of the molecule is Cc1sc(-c2ccncc2)nc1OCC[C@@]12CC[C@@](C)(O1)[C@H]1C(=O)N(c3ccc(C#N)c4ccccc34)C(=O)[C@H]12.O=C(O)C(F)(F)F. The molecule has 2 aromatic carbocycles. The number of alkyl halides is 3. The van der Waals surface area contributed by atoms with Crippen LogP contribution in [-0.2, 0) is 19.1 Å². The second-order valence-corrected chi connectivity index (χ2v) is 13.0. The van der Waals surface area contributed by atoms with E-state index in [1.165, 1.54) is 4.90 Å². The van der Waals surface area contributed by atoms with E-state index >= 15 is 0 Å². The predicted molar refractivity (Wildman–Crippen MR) is 163 cm³/mol. The molecule has 14 heteroatoms. The van der Waals surface area contributed by atoms with Crippen LogP contribution in [0.5, 0.6) is 5.88 Å². The zero-order chi connectivity index (χ0) is 33.7. The summed E-state index contributed by atoms with van der Waals surface area (Å²) in [6.07, 6.45) is 0.262. The Morgan fingerprint density at radius 1 is 1.11 bits per heavy atom. The third-order valence-electron chi connectivity index (χ3n) is 8.96. The summed E-state index contributed by atoms with van der Waals surface area (Å²) in [6, 6.07) is 16.8. The minimum Gasteiger partial charge on any atom is -0.477 e. The van der Waals surface area contributed by atoms with Crippen LogP contribution in [0, 0.1) is 30.1 Å². The lowest BCUT2D eigenvalue weighted by molar-refractivity contribution is -0.192. The van der Waals surface area contributed by atoms with Gasteiger partial charge in [0.1, 0.15) is 5.01 Å². The molecule has 3 aliphatic heterocycles. The Morgan fingerprint density at radius 2 is 1.77 bits per heavy atom. The second-order valence-electron chi connectivity index (χ2n) is 11.8. The highest BCUT2D eigenvalue weighted by Gasteiger charge is 2.74. The van der Waals surface area contributed by atoms with E-state index in [0.29, 0.717) is 48.4 Å². The highest BCUT2D eigenvalue weighted by Crippen LogP contribution is 2.62. The predicted octanol–water partition coefficient (Wildman–Crippen LogP) is 6.07. The van der Waals surface area contributed by atoms with Gasteiger partial charge in [0.05, 0.1) is 51.8 Å². The minimum atomic E-state index is -5.08. The molecule has 0 saturated carbocycles. The normalized spacial score (nSPS) is 24.6. The summed E-state index contributed by atoms with van der Waals surface area (Å²) in [4.78, 5) is 48.0. The van der Waals surface area contributed by atoms with E-state index in [9.17, 15) is 28.0 Å². The van der Waals surface area contributed by atoms with Crippen LogP contribution < -0.4 is 9.64 Å². The van der Waals surface area contributed by atoms with Crippen molar-refractivity contribution in [3.63, 3.8) is 0 Å². The summed E-state index contributed by atoms with van der Waals surface area (Å²) < 4.78 is 44.5. The zero-order valence-electron chi connectivity index (χ0n) is 25.1. The van der Waals surface area contributed by atoms with Gasteiger partial charge in [-0.25, -0.2) is 14.7 Å². The molecule has 10 nitrogen and oxygen atoms in total. The van der Waals surface area contributed by atoms with Gasteiger partial charge >= 0.3 is 12.1 Å². The molecule has 2 aromatic heterocycles. The highest BCUT2D eigenvalue weighted by atomic mass is 32.1. The van der Waals surface area contributed by atoms with Crippen LogP contribution in [0.3, 0.4) is 0 Å². The molecule has 2 bridgehead atoms. The van der Waals surface area contributed by atoms with Gasteiger partial charge in [-0.1, -0.05) is 24.3 Å². The molecule has 0 radical (unpaired) electrons. The van der Waals surface area contributed by atoms with Gasteiger partial charge in [-0.15, -0.1) is 11.3 Å². The van der Waals surface area contributed by atoms with Crippen LogP contribution in [0.15, 0.2) is 60.9 Å². The number of benzene rings is 2. The topological polar surface area (TPSA) is 143 Å². The van der Waals surface area contributed by atoms with E-state index in [-0.39, 0.29) is 11.8 Å². The number of carbonyl (C=O) groups is 3. The molecule has 47 heavy (non-hydrogen) atoms. The van der Waals surface area contributed by atoms with Crippen LogP contribution in [0.4, 0.5) is 18.9 Å². The maximum absolute atomic E-state index is 14.1. The molecule has 4 atom stereocenters. The molecule has 0 spiro atoms. The van der Waals surface area contributed by atoms with Crippen molar-refractivity contribution in [1.29, 1.82) is 5.26 Å². The van der Waals surface area contributed by atoms with Gasteiger partial charge in [0.2, 0.25) is 17.7 Å². The first kappa shape index (κ1) is 32.1. The average molecular weight is 665 g/mol. The number of nitriles is 1. The molecule has 0 aliphatic carbocycles. The third kappa shape index (κ3) is 5.49. The first-order chi connectivity index (χ1) is 22.3. The molecule has 5 heterocycles. The number of hydrogen-bond acceptors (Lipinski definition) is 9. The van der Waals surface area contributed by atoms with Gasteiger partial charge in [0.25, 0.3) is 0 Å². The number of carboxylic acid groups (broad SMARTS) is 1. The van der Waals surface area contributed by atoms with E-state index in [1.807, 2.05) is 50.2 Å². The number of aromatic nitrogens is 2. The molecule has 3 aliphatic rings. The number of thiazole rings is 1. The molecular weight excluding hydrogens is 637 g/mol. The summed E-state index contributed by atoms with van der Waals surface area (Å²) in [5, 5.41) is 19.0. The smallest absolute Gasteiger partial charge is 0.477 e. The van der Waals surface area contributed by atoms with Gasteiger partial charge in [0, 0.05) is 35.2 Å². The monoisotopic (exact) mass is 664 g/mol. The first-order valence-corrected chi connectivity index (χ1v) is 15.4. The molecule has 2 amide bonds. The van der Waals surface area contributed by atoms with Crippen molar-refractivity contribution in [2.45, 2.75) is 50.5 Å². The van der Waals surface area contributed by atoms with Gasteiger partial charge in [0.15, 0.2) is 0 Å². The van der Waals surface area contributed by atoms with Crippen molar-refractivity contribution in [1.82, 2.24) is 9.97 Å². The maximum atomic E-state index is 14.1. The van der Waals surface area contributed by atoms with Crippen LogP contribution in [-0.4, -0.2) is 56.8 Å². The minimum absolute atomic E-state index is 0.229. The van der Waals surface area contributed by atoms with E-state index < -0.39 is 35.2 Å². The number of aryl methyl sites for hydroxylation is 1. The Bertz CT molecular complexity index is 1940. The lowest BCUT2D eigenvalue weighted by Gasteiger charge is -2.31. The number of carbonyl (C=O) groups excluding carboxylic acids is 2. The number of fused-ring (bicyclic) bond motifs is 6. The van der Waals surface area contributed by atoms with Crippen LogP contribution in [0.1, 0.15) is 36.6 Å². The molecule has 4 aromatic rings. The average Bonchev–Trinajstić information content (AvgIpc) is 3.74. The fourth-order valence-corrected chi connectivity index (χ4v) is 7.74. The van der Waals surface area contributed by atoms with E-state index in [1.54, 1.807) is 35.9 Å². The number of hydrogen-bond donors (Lipinski definition) is 1. The maximum Gasteiger partial charge on any atom is 0.490 e. The van der Waals surface area contributed by atoms with Crippen molar-refractivity contribution in [2.75, 3.05) is 11.5 Å². The highest BCUT2D eigenvalue weighted by molar-refractivity contribution is 7.15. The number of carboxylic acids is 1. The van der Waals surface area contributed by atoms with Gasteiger partial charge in [-0.05, 0) is 51.0 Å². The van der Waals surface area contributed by atoms with E-state index in [2.05, 4.69) is 16.0 Å². The molecule has 3 saturated heterocycles. The number of anilines is 1. The standard InChI is InChI=1S/C31H26N4O4S.C2HF3O2/c1-18-26(34-27(40-18)19-9-14-33-15-10-19)38-16-13-31-12-11-30(2,39-31)24-25(31)29(37)35(28(24)36)23-8-7-20(17-32)21-5-3-4-6-22(21)23;3-2(4,5)1(6)7/h3-10,14-15,24-25H,11-13,16H2,1-2H3;(H,6,7)/t24-,25+,30-,31-;/m1./s1. The van der Waals surface area contributed by atoms with E-state index in [0.717, 1.165) is 20.8 Å². The Morgan fingerprint density at radius 3 is 2.43 bits per heavy atom. The van der Waals surface area contributed by atoms with Crippen molar-refractivity contribution in [3.8, 4) is 22.5 Å². The van der Waals surface area contributed by atoms with Crippen LogP contribution >= 0.6 is 11.3 Å². The van der Waals surface area contributed by atoms with Crippen molar-refractivity contribution >= 4 is 45.6 Å². The number of amides is 2. The fraction of sp³-hybridized carbons (Fsp3) is 0.333. The largest absolute Gasteiger partial charge is 0.490 e. The number of halogens is 3. The lowest BCUT2D eigenvalue weighted by atomic mass is 9.67. The number of imide groups is 1. The Hall–Kier alpha value is -4.87. The zero-order valence-corrected chi connectivity index (χ0v) is 25.9. The molecule has 1 N–H and O–H groups in total. The number of nitrogens with zero attached hydrogens (tertiary/aromatic N) is 4. The van der Waals surface area contributed by atoms with Gasteiger partial charge < -0.3 is 14.6 Å². The second kappa shape index (κ2) is 11.7. The van der Waals surface area contributed by atoms with Gasteiger partial charge in [-0.3, -0.25) is 14.6 Å². The number of aliphatic carboxylic acids is 1. The van der Waals surface area contributed by atoms with Gasteiger partial charge in [-0.2, -0.15) is 18.4 Å². The molecule has 7 rings (SSSR count). The summed E-state index contributed by atoms with van der Waals surface area (Å²) in [7, 11) is 0. The van der Waals surface area contributed by atoms with Crippen molar-refractivity contribution in [2.24, 2.45) is 11.8 Å². The van der Waals surface area contributed by atoms with Crippen LogP contribution in [0.25, 0.3) is 21.3 Å². The summed E-state index contributed by atoms with van der Waals surface area (Å²) in [5.74, 6) is -3.79. The lowest BCUT2D eigenvalue weighted by Crippen LogP contribution is -2.43. The molecule has 242 valence electrons. The van der Waals surface area contributed by atoms with Crippen molar-refractivity contribution < 1.29 is 42.1 Å². The quantitative estimate of drug-likeness (QED) is 0.243. The fourth-order valence-electron chi connectivity index (χ4n) is 6.88. The summed E-state index contributed by atoms with van der Waals surface area (Å²) >= 11 is 1.56. The van der Waals surface area contributed by atoms with Crippen LogP contribution in [0.2, 0.25) is 0 Å². The number of pyridine rings is 1. The Balaban J connectivity index is 0.000000499. The van der Waals surface area contributed by atoms with Crippen molar-refractivity contribution in [3.05, 3.63) is 71.4 Å². The first-order valence-electron chi connectivity index (χ1n) is 14.6. The molecular formula is C33H27F3N4O6S. The Labute approximate surface area is 270 Å². The molecule has 3 fully saturated rings. The summed E-state index contributed by atoms with van der Waals surface area (Å²) in [6.45, 7) is 4.25. The van der Waals surface area contributed by atoms with E-state index in [4.69, 9.17) is 19.4 Å². The number of rotatable bonds is 6. The number of ether oxygens (including phenoxy) is 2. The molecule has 0 unspecified atom stereocenters. The third-order valence-corrected chi connectivity index (χ3v) is 9.96.